The van der Waals surface area contributed by atoms with Gasteiger partial charge >= 0.3 is 0 Å². The number of carbonyl (C=O) groups excluding carboxylic acids is 2. The van der Waals surface area contributed by atoms with Gasteiger partial charge in [0.25, 0.3) is 5.91 Å². The molecule has 1 aromatic heterocycles. The molecule has 0 unspecified atom stereocenters. The summed E-state index contributed by atoms with van der Waals surface area (Å²) in [5, 5.41) is 9.35. The van der Waals surface area contributed by atoms with Crippen LogP contribution < -0.4 is 4.90 Å². The smallest absolute Gasteiger partial charge is 0.257 e. The molecule has 0 bridgehead atoms. The molecule has 4 aromatic rings. The third-order valence-corrected chi connectivity index (χ3v) is 7.51. The van der Waals surface area contributed by atoms with E-state index in [0.29, 0.717) is 36.9 Å². The molecular weight excluding hydrogens is 529 g/mol. The van der Waals surface area contributed by atoms with Crippen molar-refractivity contribution in [1.29, 1.82) is 0 Å². The molecule has 0 spiro atoms. The van der Waals surface area contributed by atoms with Crippen LogP contribution in [0.15, 0.2) is 91.0 Å². The molecule has 1 saturated heterocycles. The molecule has 1 aliphatic heterocycles. The number of nitrogens with zero attached hydrogens (tertiary/aromatic N) is 5. The van der Waals surface area contributed by atoms with E-state index in [4.69, 9.17) is 11.6 Å². The van der Waals surface area contributed by atoms with Crippen LogP contribution in [0.5, 0.6) is 0 Å². The van der Waals surface area contributed by atoms with Gasteiger partial charge in [-0.3, -0.25) is 9.59 Å². The summed E-state index contributed by atoms with van der Waals surface area (Å²) in [6, 6.07) is 26.1. The molecule has 9 heteroatoms. The second-order valence-corrected chi connectivity index (χ2v) is 10.0. The Hall–Kier alpha value is -4.30. The van der Waals surface area contributed by atoms with E-state index in [1.165, 1.54) is 23.1 Å². The zero-order chi connectivity index (χ0) is 28.1. The fourth-order valence-corrected chi connectivity index (χ4v) is 5.06. The highest BCUT2D eigenvalue weighted by molar-refractivity contribution is 6.33. The first-order valence-corrected chi connectivity index (χ1v) is 13.5. The summed E-state index contributed by atoms with van der Waals surface area (Å²) in [5.41, 5.74) is 2.32. The van der Waals surface area contributed by atoms with Crippen LogP contribution in [0.2, 0.25) is 5.02 Å². The molecule has 1 aliphatic rings. The number of anilines is 1. The van der Waals surface area contributed by atoms with Crippen molar-refractivity contribution >= 4 is 29.2 Å². The van der Waals surface area contributed by atoms with Gasteiger partial charge in [-0.25, -0.2) is 4.39 Å². The van der Waals surface area contributed by atoms with E-state index in [-0.39, 0.29) is 18.0 Å². The number of aromatic nitrogens is 2. The van der Waals surface area contributed by atoms with Crippen molar-refractivity contribution in [1.82, 2.24) is 20.0 Å². The first-order chi connectivity index (χ1) is 19.4. The number of halogens is 2. The molecule has 1 fully saturated rings. The highest BCUT2D eigenvalue weighted by Crippen LogP contribution is 2.27. The van der Waals surface area contributed by atoms with Crippen LogP contribution in [0.4, 0.5) is 10.2 Å². The van der Waals surface area contributed by atoms with E-state index in [1.807, 2.05) is 73.7 Å². The van der Waals surface area contributed by atoms with E-state index in [0.717, 1.165) is 16.9 Å². The van der Waals surface area contributed by atoms with Crippen molar-refractivity contribution < 1.29 is 14.0 Å². The quantitative estimate of drug-likeness (QED) is 0.301. The van der Waals surface area contributed by atoms with Gasteiger partial charge in [-0.1, -0.05) is 72.3 Å². The minimum absolute atomic E-state index is 0.0540. The van der Waals surface area contributed by atoms with Gasteiger partial charge in [0.05, 0.1) is 22.3 Å². The monoisotopic (exact) mass is 557 g/mol. The Kier molecular flexibility index (Phi) is 8.36. The summed E-state index contributed by atoms with van der Waals surface area (Å²) in [4.78, 5) is 32.1. The maximum atomic E-state index is 14.5. The Morgan fingerprint density at radius 3 is 2.23 bits per heavy atom. The Morgan fingerprint density at radius 2 is 1.55 bits per heavy atom. The van der Waals surface area contributed by atoms with Gasteiger partial charge in [-0.2, -0.15) is 0 Å². The molecule has 5 rings (SSSR count). The van der Waals surface area contributed by atoms with Crippen molar-refractivity contribution in [3.63, 3.8) is 0 Å². The van der Waals surface area contributed by atoms with Crippen molar-refractivity contribution in [3.8, 4) is 11.3 Å². The molecule has 2 amide bonds. The molecule has 0 radical (unpaired) electrons. The Bertz CT molecular complexity index is 1480. The molecule has 7 nitrogen and oxygen atoms in total. The third-order valence-electron chi connectivity index (χ3n) is 7.18. The Balaban J connectivity index is 1.26. The molecule has 3 aromatic carbocycles. The number of benzene rings is 3. The van der Waals surface area contributed by atoms with Gasteiger partial charge in [-0.05, 0) is 42.8 Å². The fraction of sp³-hybridized carbons (Fsp3) is 0.226. The van der Waals surface area contributed by atoms with Crippen molar-refractivity contribution in [3.05, 3.63) is 113 Å². The second kappa shape index (κ2) is 12.3. The van der Waals surface area contributed by atoms with Crippen LogP contribution >= 0.6 is 11.6 Å². The number of amides is 2. The summed E-state index contributed by atoms with van der Waals surface area (Å²) < 4.78 is 14.5. The molecule has 2 heterocycles. The lowest BCUT2D eigenvalue weighted by molar-refractivity contribution is -0.132. The normalized spacial score (nSPS) is 14.1. The summed E-state index contributed by atoms with van der Waals surface area (Å²) >= 11 is 6.29. The summed E-state index contributed by atoms with van der Waals surface area (Å²) in [6.07, 6.45) is 0. The van der Waals surface area contributed by atoms with Crippen LogP contribution in [-0.2, 0) is 4.79 Å². The van der Waals surface area contributed by atoms with Gasteiger partial charge in [0.1, 0.15) is 12.4 Å². The third kappa shape index (κ3) is 5.97. The average molecular weight is 558 g/mol. The lowest BCUT2D eigenvalue weighted by Crippen LogP contribution is -2.52. The highest BCUT2D eigenvalue weighted by atomic mass is 35.5. The fourth-order valence-electron chi connectivity index (χ4n) is 4.82. The minimum atomic E-state index is -0.611. The predicted octanol–water partition coefficient (Wildman–Crippen LogP) is 5.49. The first-order valence-electron chi connectivity index (χ1n) is 13.1. The lowest BCUT2D eigenvalue weighted by atomic mass is 10.0. The zero-order valence-electron chi connectivity index (χ0n) is 22.1. The van der Waals surface area contributed by atoms with Gasteiger partial charge in [-0.15, -0.1) is 10.2 Å². The van der Waals surface area contributed by atoms with Gasteiger partial charge in [0.15, 0.2) is 5.82 Å². The standard InChI is InChI=1S/C31H29ClFN5O2/c1-22(23-9-3-2-4-10-23)38(31(40)25-12-6-8-14-27(25)33)21-30(39)37-19-17-36(18-20-37)29-16-15-28(34-35-29)24-11-5-7-13-26(24)32/h2-16,22H,17-21H2,1H3/t22-/m1/s1. The minimum Gasteiger partial charge on any atom is -0.352 e. The number of hydrogen-bond donors (Lipinski definition) is 0. The van der Waals surface area contributed by atoms with E-state index in [2.05, 4.69) is 15.1 Å². The highest BCUT2D eigenvalue weighted by Gasteiger charge is 2.30. The maximum Gasteiger partial charge on any atom is 0.257 e. The maximum absolute atomic E-state index is 14.5. The topological polar surface area (TPSA) is 69.6 Å². The molecule has 204 valence electrons. The summed E-state index contributed by atoms with van der Waals surface area (Å²) in [6.45, 7) is 3.77. The van der Waals surface area contributed by atoms with Crippen LogP contribution in [0.3, 0.4) is 0 Å². The Labute approximate surface area is 237 Å². The van der Waals surface area contributed by atoms with Crippen molar-refractivity contribution in [2.24, 2.45) is 0 Å². The van der Waals surface area contributed by atoms with Gasteiger partial charge in [0.2, 0.25) is 5.91 Å². The van der Waals surface area contributed by atoms with Crippen molar-refractivity contribution in [2.45, 2.75) is 13.0 Å². The van der Waals surface area contributed by atoms with Crippen molar-refractivity contribution in [2.75, 3.05) is 37.6 Å². The number of rotatable bonds is 7. The second-order valence-electron chi connectivity index (χ2n) is 9.62. The number of piperazine rings is 1. The zero-order valence-corrected chi connectivity index (χ0v) is 22.8. The van der Waals surface area contributed by atoms with Gasteiger partial charge < -0.3 is 14.7 Å². The van der Waals surface area contributed by atoms with Crippen LogP contribution in [0.1, 0.15) is 28.9 Å². The molecule has 0 aliphatic carbocycles. The average Bonchev–Trinajstić information content (AvgIpc) is 3.00. The van der Waals surface area contributed by atoms with Crippen LogP contribution in [0, 0.1) is 5.82 Å². The number of hydrogen-bond acceptors (Lipinski definition) is 5. The molecule has 0 saturated carbocycles. The predicted molar refractivity (Wildman–Crippen MR) is 154 cm³/mol. The van der Waals surface area contributed by atoms with E-state index >= 15 is 0 Å². The molecule has 1 atom stereocenters. The summed E-state index contributed by atoms with van der Waals surface area (Å²) in [5.74, 6) is -0.597. The Morgan fingerprint density at radius 1 is 0.875 bits per heavy atom. The van der Waals surface area contributed by atoms with Gasteiger partial charge in [0, 0.05) is 31.7 Å². The van der Waals surface area contributed by atoms with E-state index in [1.54, 1.807) is 11.0 Å². The first kappa shape index (κ1) is 27.3. The lowest BCUT2D eigenvalue weighted by Gasteiger charge is -2.37. The largest absolute Gasteiger partial charge is 0.352 e. The molecule has 0 N–H and O–H groups in total. The van der Waals surface area contributed by atoms with Crippen LogP contribution in [-0.4, -0.2) is 64.5 Å². The SMILES string of the molecule is C[C@H](c1ccccc1)N(CC(=O)N1CCN(c2ccc(-c3ccccc3Cl)nn2)CC1)C(=O)c1ccccc1F. The molecular formula is C31H29ClFN5O2. The van der Waals surface area contributed by atoms with Crippen LogP contribution in [0.25, 0.3) is 11.3 Å². The summed E-state index contributed by atoms with van der Waals surface area (Å²) in [7, 11) is 0. The van der Waals surface area contributed by atoms with E-state index in [9.17, 15) is 14.0 Å². The number of carbonyl (C=O) groups is 2. The van der Waals surface area contributed by atoms with E-state index < -0.39 is 17.8 Å². The molecule has 40 heavy (non-hydrogen) atoms.